The van der Waals surface area contributed by atoms with Gasteiger partial charge in [0, 0.05) is 12.6 Å². The second kappa shape index (κ2) is 6.09. The number of carbonyl (C=O) groups is 1. The van der Waals surface area contributed by atoms with Crippen molar-refractivity contribution >= 4 is 6.09 Å². The van der Waals surface area contributed by atoms with Gasteiger partial charge in [-0.15, -0.1) is 0 Å². The SMILES string of the molecule is CC(C)(C)OC(=O)N1CCOC(C2CCCCN2)C1. The van der Waals surface area contributed by atoms with Crippen molar-refractivity contribution in [3.63, 3.8) is 0 Å². The summed E-state index contributed by atoms with van der Waals surface area (Å²) < 4.78 is 11.2. The van der Waals surface area contributed by atoms with Crippen molar-refractivity contribution in [1.82, 2.24) is 10.2 Å². The molecule has 5 heteroatoms. The lowest BCUT2D eigenvalue weighted by molar-refractivity contribution is -0.0577. The zero-order valence-corrected chi connectivity index (χ0v) is 12.3. The number of nitrogens with zero attached hydrogens (tertiary/aromatic N) is 1. The second-order valence-corrected chi connectivity index (χ2v) is 6.39. The molecule has 0 aromatic rings. The Labute approximate surface area is 115 Å². The van der Waals surface area contributed by atoms with E-state index in [1.54, 1.807) is 4.90 Å². The first kappa shape index (κ1) is 14.6. The molecule has 0 saturated carbocycles. The van der Waals surface area contributed by atoms with Gasteiger partial charge in [-0.1, -0.05) is 6.42 Å². The lowest BCUT2D eigenvalue weighted by atomic mass is 9.99. The van der Waals surface area contributed by atoms with E-state index in [4.69, 9.17) is 9.47 Å². The lowest BCUT2D eigenvalue weighted by Crippen LogP contribution is -2.55. The molecule has 110 valence electrons. The first-order chi connectivity index (χ1) is 8.96. The first-order valence-corrected chi connectivity index (χ1v) is 7.28. The maximum Gasteiger partial charge on any atom is 0.410 e. The smallest absolute Gasteiger partial charge is 0.410 e. The average molecular weight is 270 g/mol. The predicted octanol–water partition coefficient (Wildman–Crippen LogP) is 1.76. The molecule has 2 unspecified atom stereocenters. The second-order valence-electron chi connectivity index (χ2n) is 6.39. The summed E-state index contributed by atoms with van der Waals surface area (Å²) in [4.78, 5) is 13.8. The summed E-state index contributed by atoms with van der Waals surface area (Å²) >= 11 is 0. The third-order valence-corrected chi connectivity index (χ3v) is 3.54. The molecular weight excluding hydrogens is 244 g/mol. The number of amides is 1. The Hall–Kier alpha value is -0.810. The van der Waals surface area contributed by atoms with E-state index < -0.39 is 5.60 Å². The van der Waals surface area contributed by atoms with Gasteiger partial charge < -0.3 is 19.7 Å². The summed E-state index contributed by atoms with van der Waals surface area (Å²) in [6, 6.07) is 0.374. The van der Waals surface area contributed by atoms with Crippen LogP contribution in [0.5, 0.6) is 0 Å². The van der Waals surface area contributed by atoms with Gasteiger partial charge in [0.15, 0.2) is 0 Å². The van der Waals surface area contributed by atoms with E-state index in [9.17, 15) is 4.79 Å². The number of morpholine rings is 1. The van der Waals surface area contributed by atoms with Crippen LogP contribution in [0.15, 0.2) is 0 Å². The molecule has 2 rings (SSSR count). The fraction of sp³-hybridized carbons (Fsp3) is 0.929. The number of nitrogens with one attached hydrogen (secondary N) is 1. The topological polar surface area (TPSA) is 50.8 Å². The largest absolute Gasteiger partial charge is 0.444 e. The zero-order valence-electron chi connectivity index (χ0n) is 12.3. The van der Waals surface area contributed by atoms with Crippen LogP contribution in [0.2, 0.25) is 0 Å². The molecule has 5 nitrogen and oxygen atoms in total. The first-order valence-electron chi connectivity index (χ1n) is 7.28. The van der Waals surface area contributed by atoms with Gasteiger partial charge in [0.2, 0.25) is 0 Å². The molecule has 0 radical (unpaired) electrons. The molecule has 1 N–H and O–H groups in total. The van der Waals surface area contributed by atoms with Crippen molar-refractivity contribution in [2.24, 2.45) is 0 Å². The summed E-state index contributed by atoms with van der Waals surface area (Å²) in [7, 11) is 0. The van der Waals surface area contributed by atoms with Gasteiger partial charge >= 0.3 is 6.09 Å². The molecule has 2 saturated heterocycles. The molecule has 1 amide bonds. The lowest BCUT2D eigenvalue weighted by Gasteiger charge is -2.39. The van der Waals surface area contributed by atoms with E-state index in [2.05, 4.69) is 5.32 Å². The van der Waals surface area contributed by atoms with E-state index >= 15 is 0 Å². The predicted molar refractivity (Wildman–Crippen MR) is 73.2 cm³/mol. The van der Waals surface area contributed by atoms with Crippen LogP contribution >= 0.6 is 0 Å². The highest BCUT2D eigenvalue weighted by Crippen LogP contribution is 2.18. The van der Waals surface area contributed by atoms with Crippen LogP contribution in [-0.4, -0.2) is 55.0 Å². The Morgan fingerprint density at radius 1 is 1.37 bits per heavy atom. The summed E-state index contributed by atoms with van der Waals surface area (Å²) in [5.41, 5.74) is -0.437. The molecule has 0 aromatic carbocycles. The van der Waals surface area contributed by atoms with Crippen molar-refractivity contribution in [3.8, 4) is 0 Å². The fourth-order valence-electron chi connectivity index (χ4n) is 2.61. The van der Waals surface area contributed by atoms with E-state index in [-0.39, 0.29) is 12.2 Å². The maximum atomic E-state index is 12.1. The Bertz CT molecular complexity index is 308. The van der Waals surface area contributed by atoms with Gasteiger partial charge in [-0.2, -0.15) is 0 Å². The highest BCUT2D eigenvalue weighted by atomic mass is 16.6. The Kier molecular flexibility index (Phi) is 4.68. The minimum absolute atomic E-state index is 0.0987. The van der Waals surface area contributed by atoms with Crippen molar-refractivity contribution in [2.45, 2.75) is 57.8 Å². The average Bonchev–Trinajstić information content (AvgIpc) is 2.38. The van der Waals surface area contributed by atoms with Crippen LogP contribution in [-0.2, 0) is 9.47 Å². The van der Waals surface area contributed by atoms with Crippen molar-refractivity contribution < 1.29 is 14.3 Å². The quantitative estimate of drug-likeness (QED) is 0.789. The normalized spacial score (nSPS) is 29.1. The number of rotatable bonds is 1. The van der Waals surface area contributed by atoms with Crippen LogP contribution in [0.3, 0.4) is 0 Å². The highest BCUT2D eigenvalue weighted by Gasteiger charge is 2.32. The van der Waals surface area contributed by atoms with Crippen molar-refractivity contribution in [2.75, 3.05) is 26.2 Å². The van der Waals surface area contributed by atoms with Gasteiger partial charge in [-0.3, -0.25) is 0 Å². The van der Waals surface area contributed by atoms with Crippen LogP contribution in [0.1, 0.15) is 40.0 Å². The minimum atomic E-state index is -0.437. The van der Waals surface area contributed by atoms with E-state index in [1.807, 2.05) is 20.8 Å². The molecule has 2 aliphatic rings. The molecule has 2 aliphatic heterocycles. The number of carbonyl (C=O) groups excluding carboxylic acids is 1. The molecule has 19 heavy (non-hydrogen) atoms. The number of ether oxygens (including phenoxy) is 2. The molecule has 0 aromatic heterocycles. The molecule has 2 fully saturated rings. The van der Waals surface area contributed by atoms with Crippen LogP contribution < -0.4 is 5.32 Å². The number of piperidine rings is 1. The summed E-state index contributed by atoms with van der Waals surface area (Å²) in [6.07, 6.45) is 3.48. The molecule has 0 bridgehead atoms. The van der Waals surface area contributed by atoms with Crippen molar-refractivity contribution in [3.05, 3.63) is 0 Å². The van der Waals surface area contributed by atoms with Crippen LogP contribution in [0, 0.1) is 0 Å². The number of hydrogen-bond donors (Lipinski definition) is 1. The molecule has 0 aliphatic carbocycles. The number of hydrogen-bond acceptors (Lipinski definition) is 4. The fourth-order valence-corrected chi connectivity index (χ4v) is 2.61. The Morgan fingerprint density at radius 2 is 2.16 bits per heavy atom. The Morgan fingerprint density at radius 3 is 2.79 bits per heavy atom. The van der Waals surface area contributed by atoms with Gasteiger partial charge in [0.25, 0.3) is 0 Å². The summed E-state index contributed by atoms with van der Waals surface area (Å²) in [5.74, 6) is 0. The minimum Gasteiger partial charge on any atom is -0.444 e. The Balaban J connectivity index is 1.87. The van der Waals surface area contributed by atoms with Crippen molar-refractivity contribution in [1.29, 1.82) is 0 Å². The maximum absolute atomic E-state index is 12.1. The van der Waals surface area contributed by atoms with Crippen LogP contribution in [0.25, 0.3) is 0 Å². The van der Waals surface area contributed by atoms with Gasteiger partial charge in [-0.05, 0) is 40.2 Å². The molecule has 2 heterocycles. The van der Waals surface area contributed by atoms with Gasteiger partial charge in [0.05, 0.1) is 19.3 Å². The summed E-state index contributed by atoms with van der Waals surface area (Å²) in [5, 5.41) is 3.49. The highest BCUT2D eigenvalue weighted by molar-refractivity contribution is 5.68. The summed E-state index contributed by atoms with van der Waals surface area (Å²) in [6.45, 7) is 8.59. The van der Waals surface area contributed by atoms with E-state index in [1.165, 1.54) is 12.8 Å². The third-order valence-electron chi connectivity index (χ3n) is 3.54. The van der Waals surface area contributed by atoms with Crippen LogP contribution in [0.4, 0.5) is 4.79 Å². The molecule has 0 spiro atoms. The molecule has 2 atom stereocenters. The third kappa shape index (κ3) is 4.35. The van der Waals surface area contributed by atoms with Gasteiger partial charge in [-0.25, -0.2) is 4.79 Å². The standard InChI is InChI=1S/C14H26N2O3/c1-14(2,3)19-13(17)16-8-9-18-12(10-16)11-6-4-5-7-15-11/h11-12,15H,4-10H2,1-3H3. The molecular formula is C14H26N2O3. The monoisotopic (exact) mass is 270 g/mol. The van der Waals surface area contributed by atoms with E-state index in [0.29, 0.717) is 25.7 Å². The zero-order chi connectivity index (χ0) is 13.9. The van der Waals surface area contributed by atoms with Gasteiger partial charge in [0.1, 0.15) is 5.60 Å². The van der Waals surface area contributed by atoms with E-state index in [0.717, 1.165) is 13.0 Å².